The van der Waals surface area contributed by atoms with Gasteiger partial charge in [-0.2, -0.15) is 0 Å². The number of nitrogens with zero attached hydrogens (tertiary/aromatic N) is 1. The van der Waals surface area contributed by atoms with Gasteiger partial charge in [0.2, 0.25) is 0 Å². The summed E-state index contributed by atoms with van der Waals surface area (Å²) in [7, 11) is 0. The van der Waals surface area contributed by atoms with E-state index in [1.807, 2.05) is 6.07 Å². The molecule has 1 fully saturated rings. The van der Waals surface area contributed by atoms with E-state index >= 15 is 0 Å². The summed E-state index contributed by atoms with van der Waals surface area (Å²) in [5.41, 5.74) is 1.05. The SMILES string of the molecule is Cl.O=C(O)CCN1CCC2(CC1)COc1cc(OCc3c(Cl)cccc3OC(F)(F)F)ccc12. The van der Waals surface area contributed by atoms with Crippen LogP contribution in [0, 0.1) is 0 Å². The zero-order valence-electron chi connectivity index (χ0n) is 18.1. The van der Waals surface area contributed by atoms with E-state index in [1.54, 1.807) is 12.1 Å². The molecule has 1 N–H and O–H groups in total. The van der Waals surface area contributed by atoms with Gasteiger partial charge in [-0.15, -0.1) is 25.6 Å². The van der Waals surface area contributed by atoms with E-state index in [0.29, 0.717) is 24.7 Å². The minimum Gasteiger partial charge on any atom is -0.492 e. The normalized spacial score (nSPS) is 16.9. The van der Waals surface area contributed by atoms with Gasteiger partial charge in [0.15, 0.2) is 0 Å². The third-order valence-corrected chi connectivity index (χ3v) is 6.52. The average molecular weight is 522 g/mol. The number of ether oxygens (including phenoxy) is 3. The van der Waals surface area contributed by atoms with Gasteiger partial charge in [-0.1, -0.05) is 23.7 Å². The molecule has 0 atom stereocenters. The smallest absolute Gasteiger partial charge is 0.492 e. The fraction of sp³-hybridized carbons (Fsp3) is 0.435. The van der Waals surface area contributed by atoms with Crippen molar-refractivity contribution < 1.29 is 37.3 Å². The lowest BCUT2D eigenvalue weighted by Crippen LogP contribution is -2.44. The van der Waals surface area contributed by atoms with Crippen molar-refractivity contribution >= 4 is 30.0 Å². The van der Waals surface area contributed by atoms with Crippen LogP contribution in [0.3, 0.4) is 0 Å². The van der Waals surface area contributed by atoms with Gasteiger partial charge >= 0.3 is 12.3 Å². The Hall–Kier alpha value is -2.36. The molecule has 2 heterocycles. The van der Waals surface area contributed by atoms with Crippen molar-refractivity contribution in [2.45, 2.75) is 37.6 Å². The predicted octanol–water partition coefficient (Wildman–Crippen LogP) is 5.44. The zero-order valence-corrected chi connectivity index (χ0v) is 19.6. The van der Waals surface area contributed by atoms with E-state index < -0.39 is 18.1 Å². The number of benzene rings is 2. The van der Waals surface area contributed by atoms with Gasteiger partial charge in [0.05, 0.1) is 23.6 Å². The molecule has 1 saturated heterocycles. The van der Waals surface area contributed by atoms with Crippen molar-refractivity contribution in [1.82, 2.24) is 4.90 Å². The first-order chi connectivity index (χ1) is 15.7. The molecule has 1 spiro atoms. The van der Waals surface area contributed by atoms with E-state index in [2.05, 4.69) is 9.64 Å². The highest BCUT2D eigenvalue weighted by Gasteiger charge is 2.43. The predicted molar refractivity (Wildman–Crippen MR) is 121 cm³/mol. The minimum absolute atomic E-state index is 0. The summed E-state index contributed by atoms with van der Waals surface area (Å²) < 4.78 is 53.8. The lowest BCUT2D eigenvalue weighted by molar-refractivity contribution is -0.275. The first-order valence-electron chi connectivity index (χ1n) is 10.5. The van der Waals surface area contributed by atoms with Gasteiger partial charge < -0.3 is 24.2 Å². The second-order valence-electron chi connectivity index (χ2n) is 8.27. The third kappa shape index (κ3) is 6.00. The highest BCUT2D eigenvalue weighted by molar-refractivity contribution is 6.31. The number of hydrogen-bond acceptors (Lipinski definition) is 5. The molecule has 2 aromatic rings. The summed E-state index contributed by atoms with van der Waals surface area (Å²) in [6.07, 6.45) is -2.99. The van der Waals surface area contributed by atoms with Crippen LogP contribution >= 0.6 is 24.0 Å². The Kier molecular flexibility index (Phi) is 8.10. The van der Waals surface area contributed by atoms with Crippen LogP contribution in [0.5, 0.6) is 17.2 Å². The quantitative estimate of drug-likeness (QED) is 0.523. The minimum atomic E-state index is -4.83. The highest BCUT2D eigenvalue weighted by Crippen LogP contribution is 2.47. The molecular formula is C23H24Cl2F3NO5. The molecule has 0 amide bonds. The van der Waals surface area contributed by atoms with E-state index in [-0.39, 0.29) is 41.4 Å². The fourth-order valence-corrected chi connectivity index (χ4v) is 4.59. The molecule has 0 radical (unpaired) electrons. The number of likely N-dealkylation sites (tertiary alicyclic amines) is 1. The molecule has 2 aliphatic rings. The van der Waals surface area contributed by atoms with Gasteiger partial charge in [-0.25, -0.2) is 0 Å². The first-order valence-corrected chi connectivity index (χ1v) is 10.9. The molecule has 0 unspecified atom stereocenters. The van der Waals surface area contributed by atoms with Crippen LogP contribution in [0.15, 0.2) is 36.4 Å². The number of hydrogen-bond donors (Lipinski definition) is 1. The second kappa shape index (κ2) is 10.5. The number of rotatable bonds is 7. The molecule has 6 nitrogen and oxygen atoms in total. The Morgan fingerprint density at radius 3 is 2.62 bits per heavy atom. The van der Waals surface area contributed by atoms with Gasteiger partial charge in [-0.05, 0) is 44.1 Å². The monoisotopic (exact) mass is 521 g/mol. The molecule has 0 saturated carbocycles. The Morgan fingerprint density at radius 1 is 1.21 bits per heavy atom. The summed E-state index contributed by atoms with van der Waals surface area (Å²) in [5.74, 6) is -0.0627. The zero-order chi connectivity index (χ0) is 23.6. The van der Waals surface area contributed by atoms with E-state index in [4.69, 9.17) is 26.2 Å². The van der Waals surface area contributed by atoms with Crippen LogP contribution in [-0.2, 0) is 16.8 Å². The maximum atomic E-state index is 12.7. The van der Waals surface area contributed by atoms with Crippen LogP contribution in [0.2, 0.25) is 5.02 Å². The summed E-state index contributed by atoms with van der Waals surface area (Å²) in [4.78, 5) is 13.0. The number of halogens is 5. The molecule has 2 aromatic carbocycles. The number of carboxylic acids is 1. The second-order valence-corrected chi connectivity index (χ2v) is 8.67. The molecule has 2 aliphatic heterocycles. The Morgan fingerprint density at radius 2 is 1.94 bits per heavy atom. The summed E-state index contributed by atoms with van der Waals surface area (Å²) in [6.45, 7) is 2.46. The van der Waals surface area contributed by atoms with E-state index in [0.717, 1.165) is 31.5 Å². The summed E-state index contributed by atoms with van der Waals surface area (Å²) in [5, 5.41) is 8.99. The van der Waals surface area contributed by atoms with Crippen molar-refractivity contribution in [1.29, 1.82) is 0 Å². The number of aliphatic carboxylic acids is 1. The Bertz CT molecular complexity index is 1030. The van der Waals surface area contributed by atoms with Gasteiger partial charge in [-0.3, -0.25) is 4.79 Å². The summed E-state index contributed by atoms with van der Waals surface area (Å²) in [6, 6.07) is 9.49. The van der Waals surface area contributed by atoms with Gasteiger partial charge in [0.1, 0.15) is 23.9 Å². The molecule has 0 bridgehead atoms. The molecule has 34 heavy (non-hydrogen) atoms. The number of alkyl halides is 3. The Balaban J connectivity index is 0.00000324. The lowest BCUT2D eigenvalue weighted by atomic mass is 9.74. The van der Waals surface area contributed by atoms with Gasteiger partial charge in [0, 0.05) is 23.6 Å². The van der Waals surface area contributed by atoms with E-state index in [9.17, 15) is 18.0 Å². The largest absolute Gasteiger partial charge is 0.573 e. The van der Waals surface area contributed by atoms with Crippen molar-refractivity contribution in [3.8, 4) is 17.2 Å². The number of carbonyl (C=O) groups is 1. The van der Waals surface area contributed by atoms with Crippen LogP contribution < -0.4 is 14.2 Å². The molecule has 186 valence electrons. The number of piperidine rings is 1. The molecule has 4 rings (SSSR count). The number of fused-ring (bicyclic) bond motifs is 2. The molecule has 0 aromatic heterocycles. The molecule has 11 heteroatoms. The fourth-order valence-electron chi connectivity index (χ4n) is 4.37. The number of carboxylic acid groups (broad SMARTS) is 1. The lowest BCUT2D eigenvalue weighted by Gasteiger charge is -2.38. The molecule has 0 aliphatic carbocycles. The van der Waals surface area contributed by atoms with Crippen LogP contribution in [0.4, 0.5) is 13.2 Å². The van der Waals surface area contributed by atoms with E-state index in [1.165, 1.54) is 18.2 Å². The van der Waals surface area contributed by atoms with Crippen LogP contribution in [-0.4, -0.2) is 48.6 Å². The van der Waals surface area contributed by atoms with Crippen molar-refractivity contribution in [3.63, 3.8) is 0 Å². The van der Waals surface area contributed by atoms with Crippen molar-refractivity contribution in [2.24, 2.45) is 0 Å². The topological polar surface area (TPSA) is 68.2 Å². The van der Waals surface area contributed by atoms with Crippen molar-refractivity contribution in [2.75, 3.05) is 26.2 Å². The van der Waals surface area contributed by atoms with Gasteiger partial charge in [0.25, 0.3) is 0 Å². The molecular weight excluding hydrogens is 498 g/mol. The maximum Gasteiger partial charge on any atom is 0.573 e. The van der Waals surface area contributed by atoms with Crippen LogP contribution in [0.25, 0.3) is 0 Å². The third-order valence-electron chi connectivity index (χ3n) is 6.17. The van der Waals surface area contributed by atoms with Crippen LogP contribution in [0.1, 0.15) is 30.4 Å². The Labute approximate surface area is 206 Å². The highest BCUT2D eigenvalue weighted by atomic mass is 35.5. The van der Waals surface area contributed by atoms with Crippen molar-refractivity contribution in [3.05, 3.63) is 52.5 Å². The summed E-state index contributed by atoms with van der Waals surface area (Å²) >= 11 is 6.08. The maximum absolute atomic E-state index is 12.7. The standard InChI is InChI=1S/C23H23ClF3NO5.ClH/c24-18-2-1-3-19(33-23(25,26)27)16(18)13-31-15-4-5-17-20(12-15)32-14-22(17)7-10-28(11-8-22)9-6-21(29)30;/h1-5,12H,6-11,13-14H2,(H,29,30);1H. The first kappa shape index (κ1) is 26.2. The average Bonchev–Trinajstić information content (AvgIpc) is 3.09.